The summed E-state index contributed by atoms with van der Waals surface area (Å²) in [6.07, 6.45) is 3.16. The van der Waals surface area contributed by atoms with Crippen LogP contribution in [0, 0.1) is 17.2 Å². The van der Waals surface area contributed by atoms with Crippen LogP contribution in [-0.4, -0.2) is 19.4 Å². The molecule has 6 heteroatoms. The minimum absolute atomic E-state index is 0.105. The summed E-state index contributed by atoms with van der Waals surface area (Å²) in [7, 11) is -3.74. The lowest BCUT2D eigenvalue weighted by Crippen LogP contribution is -2.37. The lowest BCUT2D eigenvalue weighted by molar-refractivity contribution is 0.515. The molecule has 2 rings (SSSR count). The molecule has 0 aliphatic rings. The monoisotopic (exact) mass is 289 g/mol. The summed E-state index contributed by atoms with van der Waals surface area (Å²) in [6.45, 7) is 3.59. The van der Waals surface area contributed by atoms with E-state index in [0.29, 0.717) is 5.39 Å². The molecular formula is C14H15N3O2S. The fourth-order valence-corrected chi connectivity index (χ4v) is 3.39. The van der Waals surface area contributed by atoms with E-state index in [2.05, 4.69) is 9.71 Å². The van der Waals surface area contributed by atoms with Gasteiger partial charge >= 0.3 is 0 Å². The quantitative estimate of drug-likeness (QED) is 0.934. The third-order valence-electron chi connectivity index (χ3n) is 3.02. The van der Waals surface area contributed by atoms with Gasteiger partial charge < -0.3 is 0 Å². The molecule has 1 aromatic heterocycles. The van der Waals surface area contributed by atoms with Gasteiger partial charge in [-0.2, -0.15) is 9.98 Å². The van der Waals surface area contributed by atoms with Gasteiger partial charge in [0.05, 0.1) is 11.0 Å². The molecule has 2 aromatic rings. The number of nitriles is 1. The van der Waals surface area contributed by atoms with Crippen molar-refractivity contribution >= 4 is 20.8 Å². The maximum atomic E-state index is 12.4. The highest BCUT2D eigenvalue weighted by Gasteiger charge is 2.23. The van der Waals surface area contributed by atoms with Gasteiger partial charge in [-0.3, -0.25) is 4.98 Å². The maximum Gasteiger partial charge on any atom is 0.242 e. The first-order valence-electron chi connectivity index (χ1n) is 6.20. The van der Waals surface area contributed by atoms with E-state index in [1.54, 1.807) is 44.4 Å². The minimum Gasteiger partial charge on any atom is -0.264 e. The summed E-state index contributed by atoms with van der Waals surface area (Å²) in [5, 5.41) is 10.4. The lowest BCUT2D eigenvalue weighted by Gasteiger charge is -2.16. The number of sulfonamides is 1. The molecule has 1 N–H and O–H groups in total. The first-order chi connectivity index (χ1) is 9.45. The smallest absolute Gasteiger partial charge is 0.242 e. The fraction of sp³-hybridized carbons (Fsp3) is 0.286. The molecule has 20 heavy (non-hydrogen) atoms. The molecule has 0 radical (unpaired) electrons. The van der Waals surface area contributed by atoms with Crippen LogP contribution >= 0.6 is 0 Å². The molecule has 0 spiro atoms. The normalized spacial score (nSPS) is 13.3. The van der Waals surface area contributed by atoms with E-state index in [9.17, 15) is 8.42 Å². The Morgan fingerprint density at radius 3 is 2.70 bits per heavy atom. The number of pyridine rings is 1. The zero-order chi connectivity index (χ0) is 14.8. The van der Waals surface area contributed by atoms with E-state index >= 15 is 0 Å². The molecule has 1 unspecified atom stereocenters. The van der Waals surface area contributed by atoms with Crippen molar-refractivity contribution in [1.29, 1.82) is 5.26 Å². The van der Waals surface area contributed by atoms with Crippen molar-refractivity contribution in [2.24, 2.45) is 5.92 Å². The van der Waals surface area contributed by atoms with E-state index in [1.807, 2.05) is 6.07 Å². The van der Waals surface area contributed by atoms with Crippen molar-refractivity contribution in [2.75, 3.05) is 0 Å². The number of nitrogens with one attached hydrogen (secondary N) is 1. The number of nitrogens with zero attached hydrogens (tertiary/aromatic N) is 2. The van der Waals surface area contributed by atoms with Gasteiger partial charge in [0.1, 0.15) is 6.04 Å². The van der Waals surface area contributed by atoms with Crippen LogP contribution < -0.4 is 4.72 Å². The average Bonchev–Trinajstić information content (AvgIpc) is 2.43. The Morgan fingerprint density at radius 2 is 2.05 bits per heavy atom. The molecule has 0 saturated heterocycles. The molecule has 0 bridgehead atoms. The van der Waals surface area contributed by atoms with Crippen molar-refractivity contribution < 1.29 is 8.42 Å². The highest BCUT2D eigenvalue weighted by molar-refractivity contribution is 7.89. The SMILES string of the molecule is CC(C)C(C#N)NS(=O)(=O)c1cccc2cnccc12. The molecule has 0 aliphatic heterocycles. The van der Waals surface area contributed by atoms with Gasteiger partial charge in [0.2, 0.25) is 10.0 Å². The van der Waals surface area contributed by atoms with Gasteiger partial charge in [-0.25, -0.2) is 8.42 Å². The Hall–Kier alpha value is -1.97. The molecule has 0 saturated carbocycles. The number of hydrogen-bond acceptors (Lipinski definition) is 4. The van der Waals surface area contributed by atoms with Gasteiger partial charge in [0, 0.05) is 23.2 Å². The zero-order valence-electron chi connectivity index (χ0n) is 11.2. The van der Waals surface area contributed by atoms with Crippen molar-refractivity contribution in [2.45, 2.75) is 24.8 Å². The van der Waals surface area contributed by atoms with Crippen LogP contribution in [0.25, 0.3) is 10.8 Å². The van der Waals surface area contributed by atoms with Gasteiger partial charge in [0.25, 0.3) is 0 Å². The second-order valence-corrected chi connectivity index (χ2v) is 6.51. The van der Waals surface area contributed by atoms with Crippen LogP contribution in [0.5, 0.6) is 0 Å². The predicted molar refractivity (Wildman–Crippen MR) is 76.3 cm³/mol. The van der Waals surface area contributed by atoms with Crippen LogP contribution in [0.2, 0.25) is 0 Å². The van der Waals surface area contributed by atoms with Crippen molar-refractivity contribution in [3.05, 3.63) is 36.7 Å². The van der Waals surface area contributed by atoms with Gasteiger partial charge in [-0.15, -0.1) is 0 Å². The number of rotatable bonds is 4. The van der Waals surface area contributed by atoms with Gasteiger partial charge in [-0.1, -0.05) is 26.0 Å². The Kier molecular flexibility index (Phi) is 4.02. The van der Waals surface area contributed by atoms with Crippen LogP contribution in [-0.2, 0) is 10.0 Å². The van der Waals surface area contributed by atoms with E-state index < -0.39 is 16.1 Å². The van der Waals surface area contributed by atoms with E-state index in [1.165, 1.54) is 6.07 Å². The number of benzene rings is 1. The third-order valence-corrected chi connectivity index (χ3v) is 4.52. The summed E-state index contributed by atoms with van der Waals surface area (Å²) in [5.41, 5.74) is 0. The minimum atomic E-state index is -3.74. The average molecular weight is 289 g/mol. The number of hydrogen-bond donors (Lipinski definition) is 1. The second kappa shape index (κ2) is 5.57. The molecule has 1 atom stereocenters. The molecule has 1 heterocycles. The van der Waals surface area contributed by atoms with E-state index in [-0.39, 0.29) is 10.8 Å². The van der Waals surface area contributed by atoms with Crippen molar-refractivity contribution in [3.8, 4) is 6.07 Å². The zero-order valence-corrected chi connectivity index (χ0v) is 12.1. The molecule has 0 aliphatic carbocycles. The Bertz CT molecular complexity index is 758. The second-order valence-electron chi connectivity index (χ2n) is 4.83. The molecule has 0 amide bonds. The largest absolute Gasteiger partial charge is 0.264 e. The molecule has 5 nitrogen and oxygen atoms in total. The molecule has 1 aromatic carbocycles. The first kappa shape index (κ1) is 14.4. The topological polar surface area (TPSA) is 82.9 Å². The van der Waals surface area contributed by atoms with Crippen LogP contribution in [0.15, 0.2) is 41.6 Å². The summed E-state index contributed by atoms with van der Waals surface area (Å²) in [5.74, 6) is -0.105. The summed E-state index contributed by atoms with van der Waals surface area (Å²) >= 11 is 0. The van der Waals surface area contributed by atoms with Crippen LogP contribution in [0.4, 0.5) is 0 Å². The fourth-order valence-electron chi connectivity index (χ4n) is 1.87. The Morgan fingerprint density at radius 1 is 1.30 bits per heavy atom. The third kappa shape index (κ3) is 2.79. The Balaban J connectivity index is 2.50. The summed E-state index contributed by atoms with van der Waals surface area (Å²) in [4.78, 5) is 4.14. The molecular weight excluding hydrogens is 274 g/mol. The number of aromatic nitrogens is 1. The number of fused-ring (bicyclic) bond motifs is 1. The standard InChI is InChI=1S/C14H15N3O2S/c1-10(2)13(8-15)17-20(18,19)14-5-3-4-11-9-16-7-6-12(11)14/h3-7,9-10,13,17H,1-2H3. The van der Waals surface area contributed by atoms with Gasteiger partial charge in [0.15, 0.2) is 0 Å². The highest BCUT2D eigenvalue weighted by atomic mass is 32.2. The van der Waals surface area contributed by atoms with E-state index in [4.69, 9.17) is 5.26 Å². The summed E-state index contributed by atoms with van der Waals surface area (Å²) in [6, 6.07) is 7.86. The maximum absolute atomic E-state index is 12.4. The van der Waals surface area contributed by atoms with Crippen molar-refractivity contribution in [3.63, 3.8) is 0 Å². The van der Waals surface area contributed by atoms with Crippen LogP contribution in [0.3, 0.4) is 0 Å². The van der Waals surface area contributed by atoms with Gasteiger partial charge in [-0.05, 0) is 18.1 Å². The van der Waals surface area contributed by atoms with Crippen molar-refractivity contribution in [1.82, 2.24) is 9.71 Å². The van der Waals surface area contributed by atoms with Crippen LogP contribution in [0.1, 0.15) is 13.8 Å². The lowest BCUT2D eigenvalue weighted by atomic mass is 10.1. The van der Waals surface area contributed by atoms with E-state index in [0.717, 1.165) is 5.39 Å². The summed E-state index contributed by atoms with van der Waals surface area (Å²) < 4.78 is 27.3. The first-order valence-corrected chi connectivity index (χ1v) is 7.68. The highest BCUT2D eigenvalue weighted by Crippen LogP contribution is 2.22. The molecule has 0 fully saturated rings. The predicted octanol–water partition coefficient (Wildman–Crippen LogP) is 2.06. The Labute approximate surface area is 118 Å². The molecule has 104 valence electrons.